The van der Waals surface area contributed by atoms with Gasteiger partial charge in [-0.3, -0.25) is 0 Å². The summed E-state index contributed by atoms with van der Waals surface area (Å²) in [4.78, 5) is 0. The second kappa shape index (κ2) is 4.36. The molecule has 0 bridgehead atoms. The first kappa shape index (κ1) is 14.1. The van der Waals surface area contributed by atoms with Crippen LogP contribution in [-0.2, 0) is 4.65 Å². The second-order valence-electron chi connectivity index (χ2n) is 7.02. The van der Waals surface area contributed by atoms with Gasteiger partial charge < -0.3 is 14.8 Å². The molecule has 2 aliphatic rings. The molecular weight excluding hydrogens is 227 g/mol. The Bertz CT molecular complexity index is 351. The van der Waals surface area contributed by atoms with E-state index in [4.69, 9.17) is 4.65 Å². The van der Waals surface area contributed by atoms with Gasteiger partial charge in [-0.2, -0.15) is 0 Å². The van der Waals surface area contributed by atoms with Crippen LogP contribution >= 0.6 is 0 Å². The molecule has 0 aliphatic heterocycles. The molecule has 0 aromatic rings. The van der Waals surface area contributed by atoms with E-state index in [0.29, 0.717) is 5.41 Å². The molecule has 18 heavy (non-hydrogen) atoms. The van der Waals surface area contributed by atoms with Crippen LogP contribution in [-0.4, -0.2) is 28.5 Å². The summed E-state index contributed by atoms with van der Waals surface area (Å²) < 4.78 is 5.67. The van der Waals surface area contributed by atoms with Crippen LogP contribution in [0.15, 0.2) is 11.5 Å². The van der Waals surface area contributed by atoms with Crippen LogP contribution in [0.2, 0.25) is 0 Å². The Balaban J connectivity index is 1.96. The molecule has 0 atom stereocenters. The fraction of sp³-hybridized carbons (Fsp3) is 0.857. The van der Waals surface area contributed by atoms with Crippen LogP contribution in [0.25, 0.3) is 0 Å². The van der Waals surface area contributed by atoms with Crippen LogP contribution in [0.3, 0.4) is 0 Å². The summed E-state index contributed by atoms with van der Waals surface area (Å²) in [5.41, 5.74) is -0.220. The van der Waals surface area contributed by atoms with E-state index in [2.05, 4.69) is 6.08 Å². The summed E-state index contributed by atoms with van der Waals surface area (Å²) in [6, 6.07) is 0. The highest BCUT2D eigenvalue weighted by atomic mass is 16.5. The van der Waals surface area contributed by atoms with Gasteiger partial charge in [-0.1, -0.05) is 6.08 Å². The predicted octanol–water partition coefficient (Wildman–Crippen LogP) is 2.46. The third-order valence-corrected chi connectivity index (χ3v) is 4.90. The summed E-state index contributed by atoms with van der Waals surface area (Å²) in [6.45, 7) is 7.02. The van der Waals surface area contributed by atoms with Crippen LogP contribution in [0.5, 0.6) is 0 Å². The Morgan fingerprint density at radius 3 is 2.22 bits per heavy atom. The van der Waals surface area contributed by atoms with Gasteiger partial charge in [0.2, 0.25) is 0 Å². The minimum absolute atomic E-state index is 0.564. The van der Waals surface area contributed by atoms with E-state index >= 15 is 0 Å². The van der Waals surface area contributed by atoms with Crippen molar-refractivity contribution in [2.45, 2.75) is 71.0 Å². The average Bonchev–Trinajstić information content (AvgIpc) is 2.96. The maximum Gasteiger partial charge on any atom is 0.487 e. The number of allylic oxidation sites excluding steroid dienone is 2. The SMILES string of the molecule is CC(C)(O)C(C)(C)OB(O)C1=CCC2(CC1)CC2. The minimum atomic E-state index is -0.985. The van der Waals surface area contributed by atoms with E-state index in [1.165, 1.54) is 19.3 Å². The number of aliphatic hydroxyl groups is 1. The Labute approximate surface area is 110 Å². The van der Waals surface area contributed by atoms with Gasteiger partial charge >= 0.3 is 7.12 Å². The van der Waals surface area contributed by atoms with Gasteiger partial charge in [0, 0.05) is 0 Å². The largest absolute Gasteiger partial charge is 0.487 e. The summed E-state index contributed by atoms with van der Waals surface area (Å²) in [7, 11) is -0.887. The lowest BCUT2D eigenvalue weighted by atomic mass is 9.69. The van der Waals surface area contributed by atoms with Crippen molar-refractivity contribution in [1.82, 2.24) is 0 Å². The van der Waals surface area contributed by atoms with Gasteiger partial charge in [0.05, 0.1) is 11.2 Å². The van der Waals surface area contributed by atoms with Gasteiger partial charge in [-0.15, -0.1) is 0 Å². The van der Waals surface area contributed by atoms with Crippen LogP contribution < -0.4 is 0 Å². The van der Waals surface area contributed by atoms with E-state index in [1.54, 1.807) is 13.8 Å². The van der Waals surface area contributed by atoms with Crippen LogP contribution in [0.4, 0.5) is 0 Å². The second-order valence-corrected chi connectivity index (χ2v) is 7.02. The van der Waals surface area contributed by atoms with Gasteiger partial charge in [-0.25, -0.2) is 0 Å². The highest BCUT2D eigenvalue weighted by Crippen LogP contribution is 2.55. The van der Waals surface area contributed by atoms with Crippen molar-refractivity contribution in [3.05, 3.63) is 11.5 Å². The molecule has 1 spiro atoms. The minimum Gasteiger partial charge on any atom is -0.423 e. The molecule has 102 valence electrons. The average molecular weight is 252 g/mol. The molecule has 0 amide bonds. The first-order chi connectivity index (χ1) is 8.15. The number of hydrogen-bond donors (Lipinski definition) is 2. The monoisotopic (exact) mass is 252 g/mol. The normalized spacial score (nSPS) is 22.9. The van der Waals surface area contributed by atoms with Crippen molar-refractivity contribution in [1.29, 1.82) is 0 Å². The third kappa shape index (κ3) is 2.81. The Kier molecular flexibility index (Phi) is 3.42. The molecule has 2 aliphatic carbocycles. The molecule has 2 N–H and O–H groups in total. The van der Waals surface area contributed by atoms with Crippen LogP contribution in [0, 0.1) is 5.41 Å². The highest BCUT2D eigenvalue weighted by molar-refractivity contribution is 6.52. The lowest BCUT2D eigenvalue weighted by Crippen LogP contribution is -2.51. The fourth-order valence-corrected chi connectivity index (χ4v) is 2.32. The fourth-order valence-electron chi connectivity index (χ4n) is 2.32. The first-order valence-corrected chi connectivity index (χ1v) is 6.92. The Morgan fingerprint density at radius 2 is 1.83 bits per heavy atom. The maximum atomic E-state index is 10.2. The lowest BCUT2D eigenvalue weighted by Gasteiger charge is -2.39. The molecule has 1 saturated carbocycles. The van der Waals surface area contributed by atoms with Crippen molar-refractivity contribution in [2.24, 2.45) is 5.41 Å². The molecule has 3 nitrogen and oxygen atoms in total. The Hall–Kier alpha value is -0.315. The summed E-state index contributed by atoms with van der Waals surface area (Å²) in [5, 5.41) is 20.2. The first-order valence-electron chi connectivity index (χ1n) is 6.92. The summed E-state index contributed by atoms with van der Waals surface area (Å²) in [5.74, 6) is 0. The molecule has 4 heteroatoms. The highest BCUT2D eigenvalue weighted by Gasteiger charge is 2.45. The molecule has 2 rings (SSSR count). The third-order valence-electron chi connectivity index (χ3n) is 4.90. The number of hydrogen-bond acceptors (Lipinski definition) is 3. The molecule has 1 fully saturated rings. The summed E-state index contributed by atoms with van der Waals surface area (Å²) >= 11 is 0. The molecule has 0 aromatic carbocycles. The van der Waals surface area contributed by atoms with Crippen LogP contribution in [0.1, 0.15) is 59.8 Å². The number of rotatable bonds is 4. The van der Waals surface area contributed by atoms with Crippen molar-refractivity contribution >= 4 is 7.12 Å². The quantitative estimate of drug-likeness (QED) is 0.755. The van der Waals surface area contributed by atoms with E-state index in [1.807, 2.05) is 13.8 Å². The predicted molar refractivity (Wildman–Crippen MR) is 73.0 cm³/mol. The molecule has 0 aromatic heterocycles. The maximum absolute atomic E-state index is 10.2. The zero-order valence-electron chi connectivity index (χ0n) is 12.0. The van der Waals surface area contributed by atoms with Gasteiger partial charge in [-0.05, 0) is 70.7 Å². The topological polar surface area (TPSA) is 49.7 Å². The van der Waals surface area contributed by atoms with Gasteiger partial charge in [0.15, 0.2) is 0 Å². The van der Waals surface area contributed by atoms with E-state index in [9.17, 15) is 10.1 Å². The van der Waals surface area contributed by atoms with Crippen molar-refractivity contribution in [3.63, 3.8) is 0 Å². The lowest BCUT2D eigenvalue weighted by molar-refractivity contribution is -0.0990. The van der Waals surface area contributed by atoms with E-state index in [0.717, 1.165) is 18.3 Å². The molecule has 0 saturated heterocycles. The summed E-state index contributed by atoms with van der Waals surface area (Å²) in [6.07, 6.45) is 7.98. The van der Waals surface area contributed by atoms with Crippen molar-refractivity contribution < 1.29 is 14.8 Å². The molecule has 0 radical (unpaired) electrons. The standard InChI is InChI=1S/C14H25BO3/c1-12(2,16)13(3,4)18-15(17)11-5-7-14(8-6-11)9-10-14/h5,16-17H,6-10H2,1-4H3. The van der Waals surface area contributed by atoms with E-state index in [-0.39, 0.29) is 0 Å². The zero-order chi connectivity index (χ0) is 13.6. The molecule has 0 unspecified atom stereocenters. The van der Waals surface area contributed by atoms with E-state index < -0.39 is 18.3 Å². The zero-order valence-corrected chi connectivity index (χ0v) is 12.0. The van der Waals surface area contributed by atoms with Crippen molar-refractivity contribution in [3.8, 4) is 0 Å². The smallest absolute Gasteiger partial charge is 0.423 e. The van der Waals surface area contributed by atoms with Gasteiger partial charge in [0.1, 0.15) is 0 Å². The Morgan fingerprint density at radius 1 is 1.22 bits per heavy atom. The molecule has 0 heterocycles. The molecular formula is C14H25BO3. The van der Waals surface area contributed by atoms with Gasteiger partial charge in [0.25, 0.3) is 0 Å². The van der Waals surface area contributed by atoms with Crippen molar-refractivity contribution in [2.75, 3.05) is 0 Å².